The van der Waals surface area contributed by atoms with Crippen molar-refractivity contribution < 1.29 is 19.8 Å². The summed E-state index contributed by atoms with van der Waals surface area (Å²) in [6.45, 7) is -0.443. The molecule has 0 spiro atoms. The molecule has 2 N–H and O–H groups in total. The lowest BCUT2D eigenvalue weighted by Gasteiger charge is -2.05. The van der Waals surface area contributed by atoms with E-state index in [0.717, 1.165) is 12.2 Å². The van der Waals surface area contributed by atoms with Gasteiger partial charge >= 0.3 is 0 Å². The second-order valence-electron chi connectivity index (χ2n) is 2.09. The van der Waals surface area contributed by atoms with Crippen molar-refractivity contribution in [2.45, 2.75) is 0 Å². The summed E-state index contributed by atoms with van der Waals surface area (Å²) in [5, 5.41) is 17.4. The van der Waals surface area contributed by atoms with Crippen molar-refractivity contribution in [3.63, 3.8) is 0 Å². The van der Waals surface area contributed by atoms with Gasteiger partial charge in [-0.15, -0.1) is 0 Å². The third-order valence-electron chi connectivity index (χ3n) is 1.32. The van der Waals surface area contributed by atoms with Crippen LogP contribution in [0.5, 0.6) is 0 Å². The normalized spacial score (nSPS) is 17.9. The molecule has 1 rings (SSSR count). The molecule has 0 aromatic heterocycles. The number of allylic oxidation sites excluding steroid dienone is 2. The van der Waals surface area contributed by atoms with Crippen LogP contribution in [-0.2, 0) is 9.59 Å². The molecule has 0 saturated heterocycles. The van der Waals surface area contributed by atoms with Gasteiger partial charge in [0.25, 0.3) is 0 Å². The highest BCUT2D eigenvalue weighted by Crippen LogP contribution is 2.10. The molecule has 0 aromatic carbocycles. The highest BCUT2D eigenvalue weighted by molar-refractivity contribution is 6.46. The van der Waals surface area contributed by atoms with E-state index in [9.17, 15) is 9.59 Å². The lowest BCUT2D eigenvalue weighted by Crippen LogP contribution is -2.16. The number of carbonyl (C=O) groups is 2. The predicted octanol–water partition coefficient (Wildman–Crippen LogP) is -0.501. The third kappa shape index (κ3) is 1.35. The topological polar surface area (TPSA) is 74.6 Å². The number of ketones is 2. The van der Waals surface area contributed by atoms with Crippen LogP contribution < -0.4 is 0 Å². The molecule has 0 heterocycles. The van der Waals surface area contributed by atoms with Crippen LogP contribution >= 0.6 is 0 Å². The first-order chi connectivity index (χ1) is 5.15. The first-order valence-corrected chi connectivity index (χ1v) is 2.96. The molecule has 0 bridgehead atoms. The molecular formula is C7H6O4. The van der Waals surface area contributed by atoms with Gasteiger partial charge < -0.3 is 10.2 Å². The van der Waals surface area contributed by atoms with Gasteiger partial charge in [-0.05, 0) is 6.08 Å². The van der Waals surface area contributed by atoms with E-state index in [4.69, 9.17) is 10.2 Å². The van der Waals surface area contributed by atoms with Gasteiger partial charge in [-0.2, -0.15) is 0 Å². The maximum Gasteiger partial charge on any atom is 0.229 e. The van der Waals surface area contributed by atoms with Crippen molar-refractivity contribution in [1.82, 2.24) is 0 Å². The Bertz CT molecular complexity index is 272. The minimum atomic E-state index is -0.764. The average molecular weight is 154 g/mol. The maximum absolute atomic E-state index is 10.6. The van der Waals surface area contributed by atoms with E-state index in [1.54, 1.807) is 0 Å². The highest BCUT2D eigenvalue weighted by atomic mass is 16.3. The lowest BCUT2D eigenvalue weighted by atomic mass is 10.0. The second-order valence-corrected chi connectivity index (χ2v) is 2.09. The smallest absolute Gasteiger partial charge is 0.229 e. The second kappa shape index (κ2) is 2.67. The molecule has 1 aliphatic rings. The van der Waals surface area contributed by atoms with Gasteiger partial charge in [0.2, 0.25) is 11.6 Å². The van der Waals surface area contributed by atoms with Gasteiger partial charge in [-0.1, -0.05) is 0 Å². The van der Waals surface area contributed by atoms with E-state index in [0.29, 0.717) is 0 Å². The first kappa shape index (κ1) is 7.68. The number of carbonyl (C=O) groups excluding carboxylic acids is 2. The number of aliphatic hydroxyl groups excluding tert-OH is 2. The Labute approximate surface area is 62.5 Å². The molecule has 11 heavy (non-hydrogen) atoms. The molecule has 0 aromatic rings. The highest BCUT2D eigenvalue weighted by Gasteiger charge is 2.18. The fourth-order valence-corrected chi connectivity index (χ4v) is 0.718. The monoisotopic (exact) mass is 154 g/mol. The van der Waals surface area contributed by atoms with E-state index >= 15 is 0 Å². The summed E-state index contributed by atoms with van der Waals surface area (Å²) < 4.78 is 0. The van der Waals surface area contributed by atoms with Crippen molar-refractivity contribution in [2.75, 3.05) is 6.61 Å². The summed E-state index contributed by atoms with van der Waals surface area (Å²) in [5.41, 5.74) is 0.0783. The molecule has 0 radical (unpaired) electrons. The van der Waals surface area contributed by atoms with Crippen molar-refractivity contribution in [2.24, 2.45) is 0 Å². The minimum Gasteiger partial charge on any atom is -0.507 e. The minimum absolute atomic E-state index is 0.0783. The summed E-state index contributed by atoms with van der Waals surface area (Å²) in [6, 6.07) is 0. The zero-order valence-electron chi connectivity index (χ0n) is 5.57. The van der Waals surface area contributed by atoms with Gasteiger partial charge in [-0.25, -0.2) is 0 Å². The third-order valence-corrected chi connectivity index (χ3v) is 1.32. The first-order valence-electron chi connectivity index (χ1n) is 2.96. The van der Waals surface area contributed by atoms with Crippen molar-refractivity contribution in [3.8, 4) is 0 Å². The van der Waals surface area contributed by atoms with Gasteiger partial charge in [0, 0.05) is 11.6 Å². The van der Waals surface area contributed by atoms with Crippen LogP contribution in [0.15, 0.2) is 23.5 Å². The molecule has 4 nitrogen and oxygen atoms in total. The van der Waals surface area contributed by atoms with Crippen molar-refractivity contribution in [3.05, 3.63) is 23.5 Å². The maximum atomic E-state index is 10.6. The standard InChI is InChI=1S/C7H6O4/c8-3-4-1-6(10)7(11)2-5(4)9/h1-2,8-9H,3H2. The molecule has 0 amide bonds. The van der Waals surface area contributed by atoms with Crippen molar-refractivity contribution >= 4 is 11.6 Å². The summed E-state index contributed by atoms with van der Waals surface area (Å²) >= 11 is 0. The van der Waals surface area contributed by atoms with Gasteiger partial charge in [-0.3, -0.25) is 9.59 Å². The van der Waals surface area contributed by atoms with E-state index in [1.165, 1.54) is 0 Å². The fraction of sp³-hybridized carbons (Fsp3) is 0.143. The molecule has 0 unspecified atom stereocenters. The molecule has 0 atom stereocenters. The van der Waals surface area contributed by atoms with Gasteiger partial charge in [0.05, 0.1) is 6.61 Å². The average Bonchev–Trinajstić information content (AvgIpc) is 1.97. The molecule has 1 aliphatic carbocycles. The molecular weight excluding hydrogens is 148 g/mol. The van der Waals surface area contributed by atoms with E-state index in [1.807, 2.05) is 0 Å². The van der Waals surface area contributed by atoms with Gasteiger partial charge in [0.1, 0.15) is 5.76 Å². The summed E-state index contributed by atoms with van der Waals surface area (Å²) in [5.74, 6) is -1.82. The van der Waals surface area contributed by atoms with Crippen molar-refractivity contribution in [1.29, 1.82) is 0 Å². The lowest BCUT2D eigenvalue weighted by molar-refractivity contribution is -0.131. The molecule has 4 heteroatoms. The number of hydrogen-bond acceptors (Lipinski definition) is 4. The SMILES string of the molecule is O=C1C=C(O)C(CO)=CC1=O. The zero-order valence-corrected chi connectivity index (χ0v) is 5.57. The van der Waals surface area contributed by atoms with Gasteiger partial charge in [0.15, 0.2) is 0 Å². The van der Waals surface area contributed by atoms with Crippen LogP contribution in [0.4, 0.5) is 0 Å². The van der Waals surface area contributed by atoms with Crippen LogP contribution in [0, 0.1) is 0 Å². The summed E-state index contributed by atoms with van der Waals surface area (Å²) in [6.07, 6.45) is 1.73. The number of hydrogen-bond donors (Lipinski definition) is 2. The Kier molecular flexibility index (Phi) is 1.87. The van der Waals surface area contributed by atoms with Crippen LogP contribution in [0.3, 0.4) is 0 Å². The summed E-state index contributed by atoms with van der Waals surface area (Å²) in [7, 11) is 0. The van der Waals surface area contributed by atoms with Crippen LogP contribution in [0.1, 0.15) is 0 Å². The Morgan fingerprint density at radius 2 is 1.73 bits per heavy atom. The molecule has 0 saturated carbocycles. The van der Waals surface area contributed by atoms with E-state index in [-0.39, 0.29) is 11.3 Å². The van der Waals surface area contributed by atoms with Crippen LogP contribution in [-0.4, -0.2) is 28.4 Å². The van der Waals surface area contributed by atoms with Crippen LogP contribution in [0.25, 0.3) is 0 Å². The van der Waals surface area contributed by atoms with Crippen LogP contribution in [0.2, 0.25) is 0 Å². The molecule has 0 aliphatic heterocycles. The summed E-state index contributed by atoms with van der Waals surface area (Å²) in [4.78, 5) is 21.2. The number of rotatable bonds is 1. The Morgan fingerprint density at radius 1 is 1.18 bits per heavy atom. The molecule has 58 valence electrons. The van der Waals surface area contributed by atoms with E-state index in [2.05, 4.69) is 0 Å². The Hall–Kier alpha value is -1.42. The Morgan fingerprint density at radius 3 is 2.27 bits per heavy atom. The zero-order chi connectivity index (χ0) is 8.43. The molecule has 0 fully saturated rings. The Balaban J connectivity index is 3.00. The predicted molar refractivity (Wildman–Crippen MR) is 35.9 cm³/mol. The fourth-order valence-electron chi connectivity index (χ4n) is 0.718. The quantitative estimate of drug-likeness (QED) is 0.394. The van der Waals surface area contributed by atoms with E-state index < -0.39 is 18.2 Å². The largest absolute Gasteiger partial charge is 0.507 e. The number of aliphatic hydroxyl groups is 2.